The monoisotopic (exact) mass is 445 g/mol. The minimum absolute atomic E-state index is 0.149. The molecule has 0 radical (unpaired) electrons. The summed E-state index contributed by atoms with van der Waals surface area (Å²) < 4.78 is 32.3. The first kappa shape index (κ1) is 20.6. The van der Waals surface area contributed by atoms with Crippen molar-refractivity contribution < 1.29 is 17.7 Å². The maximum Gasteiger partial charge on any atom is 0.261 e. The molecule has 156 valence electrons. The van der Waals surface area contributed by atoms with Crippen molar-refractivity contribution in [3.63, 3.8) is 0 Å². The third kappa shape index (κ3) is 3.86. The van der Waals surface area contributed by atoms with Crippen molar-refractivity contribution in [2.45, 2.75) is 24.7 Å². The molecule has 0 unspecified atom stereocenters. The maximum absolute atomic E-state index is 13.0. The Labute approximate surface area is 179 Å². The van der Waals surface area contributed by atoms with Crippen molar-refractivity contribution in [2.75, 3.05) is 18.4 Å². The Morgan fingerprint density at radius 2 is 1.87 bits per heavy atom. The number of nitrogens with zero attached hydrogens (tertiary/aromatic N) is 2. The van der Waals surface area contributed by atoms with Crippen LogP contribution in [0.5, 0.6) is 0 Å². The predicted octanol–water partition coefficient (Wildman–Crippen LogP) is 4.34. The van der Waals surface area contributed by atoms with Crippen molar-refractivity contribution in [1.29, 1.82) is 0 Å². The third-order valence-corrected chi connectivity index (χ3v) is 7.24. The topological polar surface area (TPSA) is 92.5 Å². The van der Waals surface area contributed by atoms with Gasteiger partial charge in [-0.05, 0) is 44.0 Å². The van der Waals surface area contributed by atoms with Crippen LogP contribution in [0.4, 0.5) is 5.69 Å². The molecule has 9 heteroatoms. The molecular weight excluding hydrogens is 426 g/mol. The molecule has 1 amide bonds. The Morgan fingerprint density at radius 3 is 2.60 bits per heavy atom. The fraction of sp³-hybridized carbons (Fsp3) is 0.238. The van der Waals surface area contributed by atoms with E-state index in [9.17, 15) is 13.2 Å². The van der Waals surface area contributed by atoms with Crippen molar-refractivity contribution in [3.05, 3.63) is 64.9 Å². The molecule has 1 aliphatic heterocycles. The first-order valence-corrected chi connectivity index (χ1v) is 11.3. The second kappa shape index (κ2) is 8.22. The number of sulfonamides is 1. The second-order valence-electron chi connectivity index (χ2n) is 7.04. The number of amides is 1. The highest BCUT2D eigenvalue weighted by Crippen LogP contribution is 2.31. The highest BCUT2D eigenvalue weighted by molar-refractivity contribution is 7.89. The second-order valence-corrected chi connectivity index (χ2v) is 9.38. The van der Waals surface area contributed by atoms with Crippen LogP contribution in [0.15, 0.2) is 57.9 Å². The van der Waals surface area contributed by atoms with Gasteiger partial charge in [-0.3, -0.25) is 4.79 Å². The van der Waals surface area contributed by atoms with E-state index in [0.717, 1.165) is 12.8 Å². The number of aryl methyl sites for hydroxylation is 1. The van der Waals surface area contributed by atoms with Gasteiger partial charge in [-0.2, -0.15) is 4.31 Å². The zero-order valence-electron chi connectivity index (χ0n) is 16.3. The first-order chi connectivity index (χ1) is 14.4. The zero-order valence-corrected chi connectivity index (χ0v) is 17.8. The number of hydrogen-bond donors (Lipinski definition) is 1. The van der Waals surface area contributed by atoms with E-state index in [1.165, 1.54) is 16.4 Å². The first-order valence-electron chi connectivity index (χ1n) is 9.50. The third-order valence-electron chi connectivity index (χ3n) is 5.01. The number of nitrogens with one attached hydrogen (secondary N) is 1. The molecular formula is C21H20ClN3O4S. The van der Waals surface area contributed by atoms with Gasteiger partial charge in [0.25, 0.3) is 5.91 Å². The number of benzene rings is 2. The fourth-order valence-corrected chi connectivity index (χ4v) is 5.27. The van der Waals surface area contributed by atoms with Gasteiger partial charge >= 0.3 is 0 Å². The Bertz CT molecular complexity index is 1200. The highest BCUT2D eigenvalue weighted by Gasteiger charge is 2.28. The number of aromatic nitrogens is 1. The van der Waals surface area contributed by atoms with E-state index >= 15 is 0 Å². The molecule has 0 saturated carbocycles. The smallest absolute Gasteiger partial charge is 0.261 e. The molecule has 1 N–H and O–H groups in total. The Balaban J connectivity index is 1.63. The van der Waals surface area contributed by atoms with E-state index in [1.807, 2.05) is 0 Å². The Morgan fingerprint density at radius 1 is 1.13 bits per heavy atom. The van der Waals surface area contributed by atoms with Crippen LogP contribution in [0, 0.1) is 6.92 Å². The molecule has 0 spiro atoms. The standard InChI is InChI=1S/C21H20ClN3O4S/c1-14-19(20(24-29-14)17-9-2-3-10-18(17)22)21(26)23-15-7-6-8-16(13-15)30(27,28)25-11-4-5-12-25/h2-3,6-10,13H,4-5,11-12H2,1H3,(H,23,26). The van der Waals surface area contributed by atoms with Gasteiger partial charge in [-0.1, -0.05) is 41.0 Å². The number of carbonyl (C=O) groups excluding carboxylic acids is 1. The number of carbonyl (C=O) groups is 1. The van der Waals surface area contributed by atoms with Crippen LogP contribution in [-0.4, -0.2) is 36.9 Å². The van der Waals surface area contributed by atoms with Crippen molar-refractivity contribution in [2.24, 2.45) is 0 Å². The zero-order chi connectivity index (χ0) is 21.3. The molecule has 1 aromatic heterocycles. The molecule has 0 aliphatic carbocycles. The van der Waals surface area contributed by atoms with Gasteiger partial charge in [0.2, 0.25) is 10.0 Å². The molecule has 3 aromatic rings. The minimum Gasteiger partial charge on any atom is -0.360 e. The molecule has 1 aliphatic rings. The number of halogens is 1. The van der Waals surface area contributed by atoms with Crippen LogP contribution >= 0.6 is 11.6 Å². The lowest BCUT2D eigenvalue weighted by Crippen LogP contribution is -2.27. The normalized spacial score (nSPS) is 14.7. The molecule has 1 fully saturated rings. The largest absolute Gasteiger partial charge is 0.360 e. The Kier molecular flexibility index (Phi) is 5.64. The van der Waals surface area contributed by atoms with E-state index in [1.54, 1.807) is 43.3 Å². The van der Waals surface area contributed by atoms with Gasteiger partial charge in [0.15, 0.2) is 0 Å². The van der Waals surface area contributed by atoms with Crippen LogP contribution < -0.4 is 5.32 Å². The summed E-state index contributed by atoms with van der Waals surface area (Å²) in [5, 5.41) is 7.19. The summed E-state index contributed by atoms with van der Waals surface area (Å²) in [6, 6.07) is 13.3. The van der Waals surface area contributed by atoms with Gasteiger partial charge in [0, 0.05) is 24.3 Å². The maximum atomic E-state index is 13.0. The van der Waals surface area contributed by atoms with Gasteiger partial charge in [0.1, 0.15) is 17.0 Å². The molecule has 2 aromatic carbocycles. The molecule has 0 bridgehead atoms. The van der Waals surface area contributed by atoms with E-state index in [0.29, 0.717) is 40.8 Å². The molecule has 4 rings (SSSR count). The van der Waals surface area contributed by atoms with Gasteiger partial charge in [-0.25, -0.2) is 8.42 Å². The number of hydrogen-bond acceptors (Lipinski definition) is 5. The van der Waals surface area contributed by atoms with Gasteiger partial charge in [0.05, 0.1) is 9.92 Å². The van der Waals surface area contributed by atoms with Crippen LogP contribution in [0.3, 0.4) is 0 Å². The average molecular weight is 446 g/mol. The highest BCUT2D eigenvalue weighted by atomic mass is 35.5. The molecule has 1 saturated heterocycles. The summed E-state index contributed by atoms with van der Waals surface area (Å²) in [5.41, 5.74) is 1.52. The molecule has 2 heterocycles. The van der Waals surface area contributed by atoms with Gasteiger partial charge in [-0.15, -0.1) is 0 Å². The van der Waals surface area contributed by atoms with Crippen molar-refractivity contribution in [1.82, 2.24) is 9.46 Å². The summed E-state index contributed by atoms with van der Waals surface area (Å²) in [7, 11) is -3.58. The van der Waals surface area contributed by atoms with Crippen LogP contribution in [0.2, 0.25) is 5.02 Å². The molecule has 7 nitrogen and oxygen atoms in total. The van der Waals surface area contributed by atoms with Crippen LogP contribution in [0.1, 0.15) is 29.0 Å². The lowest BCUT2D eigenvalue weighted by atomic mass is 10.1. The van der Waals surface area contributed by atoms with E-state index in [-0.39, 0.29) is 10.5 Å². The van der Waals surface area contributed by atoms with Crippen LogP contribution in [-0.2, 0) is 10.0 Å². The number of anilines is 1. The molecule has 0 atom stereocenters. The lowest BCUT2D eigenvalue weighted by molar-refractivity contribution is 0.102. The summed E-state index contributed by atoms with van der Waals surface area (Å²) in [4.78, 5) is 13.2. The quantitative estimate of drug-likeness (QED) is 0.630. The SMILES string of the molecule is Cc1onc(-c2ccccc2Cl)c1C(=O)Nc1cccc(S(=O)(=O)N2CCCC2)c1. The summed E-state index contributed by atoms with van der Waals surface area (Å²) in [5.74, 6) is -0.123. The predicted molar refractivity (Wildman–Crippen MR) is 114 cm³/mol. The van der Waals surface area contributed by atoms with E-state index in [2.05, 4.69) is 10.5 Å². The van der Waals surface area contributed by atoms with E-state index in [4.69, 9.17) is 16.1 Å². The summed E-state index contributed by atoms with van der Waals surface area (Å²) in [6.07, 6.45) is 1.71. The summed E-state index contributed by atoms with van der Waals surface area (Å²) in [6.45, 7) is 2.66. The Hall–Kier alpha value is -2.68. The van der Waals surface area contributed by atoms with Crippen LogP contribution in [0.25, 0.3) is 11.3 Å². The minimum atomic E-state index is -3.58. The lowest BCUT2D eigenvalue weighted by Gasteiger charge is -2.16. The molecule has 30 heavy (non-hydrogen) atoms. The van der Waals surface area contributed by atoms with Crippen molar-refractivity contribution >= 4 is 33.2 Å². The average Bonchev–Trinajstić information content (AvgIpc) is 3.39. The summed E-state index contributed by atoms with van der Waals surface area (Å²) >= 11 is 6.25. The van der Waals surface area contributed by atoms with Crippen molar-refractivity contribution in [3.8, 4) is 11.3 Å². The van der Waals surface area contributed by atoms with E-state index < -0.39 is 15.9 Å². The van der Waals surface area contributed by atoms with Gasteiger partial charge < -0.3 is 9.84 Å². The fourth-order valence-electron chi connectivity index (χ4n) is 3.48. The number of rotatable bonds is 5.